The van der Waals surface area contributed by atoms with Crippen molar-refractivity contribution in [1.29, 1.82) is 0 Å². The first-order valence-corrected chi connectivity index (χ1v) is 8.50. The lowest BCUT2D eigenvalue weighted by atomic mass is 10.0. The number of halogens is 1. The highest BCUT2D eigenvalue weighted by Gasteiger charge is 2.10. The number of carbonyl (C=O) groups is 1. The molecule has 0 heterocycles. The normalized spacial score (nSPS) is 10.3. The topological polar surface area (TPSA) is 38.3 Å². The molecule has 116 valence electrons. The molecule has 0 radical (unpaired) electrons. The summed E-state index contributed by atoms with van der Waals surface area (Å²) in [5.41, 5.74) is 3.24. The van der Waals surface area contributed by atoms with E-state index in [4.69, 9.17) is 4.74 Å². The van der Waals surface area contributed by atoms with Crippen molar-refractivity contribution >= 4 is 34.2 Å². The average Bonchev–Trinajstić information content (AvgIpc) is 2.53. The lowest BCUT2D eigenvalue weighted by Crippen LogP contribution is -2.21. The van der Waals surface area contributed by atoms with Crippen LogP contribution in [0.2, 0.25) is 0 Å². The van der Waals surface area contributed by atoms with Crippen molar-refractivity contribution in [1.82, 2.24) is 0 Å². The monoisotopic (exact) mass is 409 g/mol. The van der Waals surface area contributed by atoms with E-state index in [-0.39, 0.29) is 12.5 Å². The highest BCUT2D eigenvalue weighted by atomic mass is 127. The van der Waals surface area contributed by atoms with Gasteiger partial charge in [0.25, 0.3) is 5.91 Å². The minimum Gasteiger partial charge on any atom is -0.484 e. The van der Waals surface area contributed by atoms with Crippen LogP contribution >= 0.6 is 22.6 Å². The number of para-hydroxylation sites is 1. The van der Waals surface area contributed by atoms with Crippen molar-refractivity contribution in [3.63, 3.8) is 0 Å². The van der Waals surface area contributed by atoms with Crippen molar-refractivity contribution in [2.24, 2.45) is 0 Å². The van der Waals surface area contributed by atoms with Crippen molar-refractivity contribution in [2.45, 2.75) is 26.7 Å². The van der Waals surface area contributed by atoms with Crippen molar-refractivity contribution < 1.29 is 9.53 Å². The fourth-order valence-electron chi connectivity index (χ4n) is 2.28. The Morgan fingerprint density at radius 2 is 1.73 bits per heavy atom. The molecule has 0 atom stereocenters. The van der Waals surface area contributed by atoms with Gasteiger partial charge in [-0.3, -0.25) is 4.79 Å². The molecule has 0 aliphatic rings. The summed E-state index contributed by atoms with van der Waals surface area (Å²) in [5.74, 6) is 0.580. The van der Waals surface area contributed by atoms with Crippen molar-refractivity contribution in [3.05, 3.63) is 57.2 Å². The third-order valence-corrected chi connectivity index (χ3v) is 4.10. The zero-order valence-corrected chi connectivity index (χ0v) is 15.0. The third kappa shape index (κ3) is 4.47. The lowest BCUT2D eigenvalue weighted by molar-refractivity contribution is -0.118. The summed E-state index contributed by atoms with van der Waals surface area (Å²) in [6, 6.07) is 13.8. The first-order valence-electron chi connectivity index (χ1n) is 7.43. The van der Waals surface area contributed by atoms with Gasteiger partial charge >= 0.3 is 0 Å². The first-order chi connectivity index (χ1) is 10.6. The van der Waals surface area contributed by atoms with Crippen LogP contribution in [0.4, 0.5) is 5.69 Å². The summed E-state index contributed by atoms with van der Waals surface area (Å²) in [5, 5.41) is 3.00. The van der Waals surface area contributed by atoms with Gasteiger partial charge in [-0.05, 0) is 64.8 Å². The summed E-state index contributed by atoms with van der Waals surface area (Å²) in [6.45, 7) is 4.20. The molecule has 0 saturated carbocycles. The Balaban J connectivity index is 2.03. The van der Waals surface area contributed by atoms with Crippen LogP contribution in [0.25, 0.3) is 0 Å². The molecule has 0 aromatic heterocycles. The van der Waals surface area contributed by atoms with Gasteiger partial charge in [0, 0.05) is 9.26 Å². The van der Waals surface area contributed by atoms with Crippen LogP contribution in [-0.2, 0) is 17.6 Å². The van der Waals surface area contributed by atoms with Crippen LogP contribution in [0.1, 0.15) is 25.0 Å². The first kappa shape index (κ1) is 16.8. The van der Waals surface area contributed by atoms with Gasteiger partial charge in [-0.25, -0.2) is 0 Å². The molecule has 1 N–H and O–H groups in total. The summed E-state index contributed by atoms with van der Waals surface area (Å²) < 4.78 is 6.63. The molecule has 2 rings (SSSR count). The SMILES string of the molecule is CCc1cccc(CC)c1NC(=O)COc1cccc(I)c1. The maximum Gasteiger partial charge on any atom is 0.262 e. The number of anilines is 1. The molecule has 1 amide bonds. The number of nitrogens with one attached hydrogen (secondary N) is 1. The second kappa shape index (κ2) is 8.17. The van der Waals surface area contributed by atoms with E-state index in [1.165, 1.54) is 0 Å². The maximum atomic E-state index is 12.2. The summed E-state index contributed by atoms with van der Waals surface area (Å²) >= 11 is 2.22. The molecule has 2 aromatic rings. The van der Waals surface area contributed by atoms with Gasteiger partial charge in [-0.1, -0.05) is 38.1 Å². The summed E-state index contributed by atoms with van der Waals surface area (Å²) in [7, 11) is 0. The minimum atomic E-state index is -0.130. The van der Waals surface area contributed by atoms with E-state index in [1.54, 1.807) is 0 Å². The number of aryl methyl sites for hydroxylation is 2. The van der Waals surface area contributed by atoms with Gasteiger partial charge in [0.05, 0.1) is 0 Å². The van der Waals surface area contributed by atoms with Gasteiger partial charge in [0.2, 0.25) is 0 Å². The van der Waals surface area contributed by atoms with Crippen molar-refractivity contribution in [2.75, 3.05) is 11.9 Å². The van der Waals surface area contributed by atoms with E-state index in [1.807, 2.05) is 30.3 Å². The van der Waals surface area contributed by atoms with E-state index in [0.29, 0.717) is 5.75 Å². The quantitative estimate of drug-likeness (QED) is 0.717. The predicted octanol–water partition coefficient (Wildman–Crippen LogP) is 4.43. The van der Waals surface area contributed by atoms with Crippen LogP contribution in [-0.4, -0.2) is 12.5 Å². The van der Waals surface area contributed by atoms with Crippen LogP contribution in [0, 0.1) is 3.57 Å². The Bertz CT molecular complexity index is 633. The average molecular weight is 409 g/mol. The Morgan fingerprint density at radius 3 is 2.32 bits per heavy atom. The minimum absolute atomic E-state index is 0.0152. The number of amides is 1. The standard InChI is InChI=1S/C18H20INO2/c1-3-13-7-5-8-14(4-2)18(13)20-17(21)12-22-16-10-6-9-15(19)11-16/h5-11H,3-4,12H2,1-2H3,(H,20,21). The fourth-order valence-corrected chi connectivity index (χ4v) is 2.80. The zero-order chi connectivity index (χ0) is 15.9. The zero-order valence-electron chi connectivity index (χ0n) is 12.9. The predicted molar refractivity (Wildman–Crippen MR) is 98.5 cm³/mol. The van der Waals surface area contributed by atoms with Crippen LogP contribution in [0.15, 0.2) is 42.5 Å². The molecule has 0 unspecified atom stereocenters. The van der Waals surface area contributed by atoms with Crippen molar-refractivity contribution in [3.8, 4) is 5.75 Å². The molecule has 0 saturated heterocycles. The summed E-state index contributed by atoms with van der Waals surface area (Å²) in [6.07, 6.45) is 1.78. The van der Waals surface area contributed by atoms with Crippen LogP contribution in [0.3, 0.4) is 0 Å². The molecular weight excluding hydrogens is 389 g/mol. The summed E-state index contributed by atoms with van der Waals surface area (Å²) in [4.78, 5) is 12.2. The van der Waals surface area contributed by atoms with Gasteiger partial charge in [-0.2, -0.15) is 0 Å². The number of carbonyl (C=O) groups excluding carboxylic acids is 1. The molecular formula is C18H20INO2. The van der Waals surface area contributed by atoms with E-state index < -0.39 is 0 Å². The smallest absolute Gasteiger partial charge is 0.262 e. The number of rotatable bonds is 6. The molecule has 0 spiro atoms. The van der Waals surface area contributed by atoms with Gasteiger partial charge < -0.3 is 10.1 Å². The highest BCUT2D eigenvalue weighted by molar-refractivity contribution is 14.1. The highest BCUT2D eigenvalue weighted by Crippen LogP contribution is 2.22. The lowest BCUT2D eigenvalue weighted by Gasteiger charge is -2.14. The molecule has 0 bridgehead atoms. The second-order valence-corrected chi connectivity index (χ2v) is 6.20. The number of benzene rings is 2. The van der Waals surface area contributed by atoms with Crippen LogP contribution < -0.4 is 10.1 Å². The molecule has 4 heteroatoms. The second-order valence-electron chi connectivity index (χ2n) is 4.95. The molecule has 2 aromatic carbocycles. The van der Waals surface area contributed by atoms with E-state index >= 15 is 0 Å². The Morgan fingerprint density at radius 1 is 1.09 bits per heavy atom. The Labute approximate surface area is 145 Å². The van der Waals surface area contributed by atoms with Gasteiger partial charge in [0.15, 0.2) is 6.61 Å². The molecule has 0 aliphatic carbocycles. The Kier molecular flexibility index (Phi) is 6.24. The molecule has 22 heavy (non-hydrogen) atoms. The number of hydrogen-bond donors (Lipinski definition) is 1. The third-order valence-electron chi connectivity index (χ3n) is 3.43. The number of hydrogen-bond acceptors (Lipinski definition) is 2. The molecule has 3 nitrogen and oxygen atoms in total. The van der Waals surface area contributed by atoms with Crippen LogP contribution in [0.5, 0.6) is 5.75 Å². The maximum absolute atomic E-state index is 12.2. The fraction of sp³-hybridized carbons (Fsp3) is 0.278. The van der Waals surface area contributed by atoms with E-state index in [9.17, 15) is 4.79 Å². The van der Waals surface area contributed by atoms with Gasteiger partial charge in [0.1, 0.15) is 5.75 Å². The number of ether oxygens (including phenoxy) is 1. The molecule has 0 aliphatic heterocycles. The largest absolute Gasteiger partial charge is 0.484 e. The Hall–Kier alpha value is -1.56. The van der Waals surface area contributed by atoms with E-state index in [2.05, 4.69) is 53.9 Å². The van der Waals surface area contributed by atoms with E-state index in [0.717, 1.165) is 33.2 Å². The van der Waals surface area contributed by atoms with Gasteiger partial charge in [-0.15, -0.1) is 0 Å². The molecule has 0 fully saturated rings.